The Kier molecular flexibility index (Phi) is 4.84. The lowest BCUT2D eigenvalue weighted by Gasteiger charge is -2.08. The van der Waals surface area contributed by atoms with Gasteiger partial charge in [0.25, 0.3) is 5.56 Å². The fourth-order valence-corrected chi connectivity index (χ4v) is 4.52. The Morgan fingerprint density at radius 2 is 2.00 bits per heavy atom. The second kappa shape index (κ2) is 7.41. The summed E-state index contributed by atoms with van der Waals surface area (Å²) in [6.07, 6.45) is 5.07. The molecule has 0 unspecified atom stereocenters. The van der Waals surface area contributed by atoms with Gasteiger partial charge in [-0.15, -0.1) is 11.3 Å². The van der Waals surface area contributed by atoms with Crippen molar-refractivity contribution in [2.45, 2.75) is 38.7 Å². The van der Waals surface area contributed by atoms with Crippen molar-refractivity contribution < 1.29 is 9.53 Å². The maximum atomic E-state index is 12.5. The van der Waals surface area contributed by atoms with Crippen molar-refractivity contribution >= 4 is 27.5 Å². The van der Waals surface area contributed by atoms with E-state index in [0.717, 1.165) is 24.0 Å². The molecule has 3 aromatic rings. The first-order chi connectivity index (χ1) is 12.7. The molecule has 5 nitrogen and oxygen atoms in total. The van der Waals surface area contributed by atoms with Crippen LogP contribution in [-0.2, 0) is 16.1 Å². The van der Waals surface area contributed by atoms with E-state index < -0.39 is 0 Å². The van der Waals surface area contributed by atoms with Gasteiger partial charge >= 0.3 is 5.97 Å². The first kappa shape index (κ1) is 17.0. The number of hydrogen-bond acceptors (Lipinski definition) is 5. The van der Waals surface area contributed by atoms with Crippen LogP contribution in [0.4, 0.5) is 0 Å². The molecular weight excluding hydrogens is 348 g/mol. The molecule has 1 aliphatic rings. The summed E-state index contributed by atoms with van der Waals surface area (Å²) in [5.41, 5.74) is 1.67. The molecule has 134 valence electrons. The number of rotatable bonds is 5. The number of aromatic nitrogens is 2. The van der Waals surface area contributed by atoms with Gasteiger partial charge in [0.1, 0.15) is 17.3 Å². The van der Waals surface area contributed by atoms with E-state index in [0.29, 0.717) is 28.4 Å². The number of fused-ring (bicyclic) bond motifs is 1. The fraction of sp³-hybridized carbons (Fsp3) is 0.350. The molecule has 0 aliphatic heterocycles. The first-order valence-corrected chi connectivity index (χ1v) is 9.80. The van der Waals surface area contributed by atoms with E-state index in [1.807, 2.05) is 35.7 Å². The zero-order chi connectivity index (χ0) is 17.9. The molecular formula is C20H20N2O3S. The molecule has 1 fully saturated rings. The Labute approximate surface area is 155 Å². The van der Waals surface area contributed by atoms with Gasteiger partial charge in [0.2, 0.25) is 0 Å². The van der Waals surface area contributed by atoms with Crippen molar-refractivity contribution in [2.75, 3.05) is 0 Å². The van der Waals surface area contributed by atoms with Gasteiger partial charge in [-0.1, -0.05) is 43.2 Å². The van der Waals surface area contributed by atoms with E-state index in [4.69, 9.17) is 4.74 Å². The highest BCUT2D eigenvalue weighted by Gasteiger charge is 2.20. The van der Waals surface area contributed by atoms with E-state index in [1.165, 1.54) is 24.2 Å². The van der Waals surface area contributed by atoms with Crippen LogP contribution < -0.4 is 5.56 Å². The topological polar surface area (TPSA) is 72.0 Å². The van der Waals surface area contributed by atoms with Crippen molar-refractivity contribution in [1.29, 1.82) is 0 Å². The first-order valence-electron chi connectivity index (χ1n) is 8.92. The molecule has 26 heavy (non-hydrogen) atoms. The smallest absolute Gasteiger partial charge is 0.306 e. The van der Waals surface area contributed by atoms with E-state index in [-0.39, 0.29) is 18.1 Å². The Morgan fingerprint density at radius 3 is 2.77 bits per heavy atom. The highest BCUT2D eigenvalue weighted by molar-refractivity contribution is 7.17. The second-order valence-corrected chi connectivity index (χ2v) is 7.58. The molecule has 1 aliphatic carbocycles. The summed E-state index contributed by atoms with van der Waals surface area (Å²) in [5, 5.41) is 2.53. The van der Waals surface area contributed by atoms with Crippen molar-refractivity contribution in [3.05, 3.63) is 51.9 Å². The standard InChI is InChI=1S/C20H20N2O3S/c23-17(10-13-6-4-5-7-13)25-11-16-21-19(24)18-15(12-26-20(18)22-16)14-8-2-1-3-9-14/h1-3,8-9,12-13H,4-7,10-11H2,(H,21,22,24). The Hall–Kier alpha value is -2.47. The number of H-pyrrole nitrogens is 1. The van der Waals surface area contributed by atoms with Crippen LogP contribution in [0.3, 0.4) is 0 Å². The molecule has 0 saturated heterocycles. The number of nitrogens with one attached hydrogen (secondary N) is 1. The minimum absolute atomic E-state index is 0.00923. The molecule has 2 heterocycles. The lowest BCUT2D eigenvalue weighted by Crippen LogP contribution is -2.15. The molecule has 0 spiro atoms. The molecule has 1 saturated carbocycles. The van der Waals surface area contributed by atoms with E-state index in [1.54, 1.807) is 0 Å². The van der Waals surface area contributed by atoms with Crippen LogP contribution in [-0.4, -0.2) is 15.9 Å². The average molecular weight is 368 g/mol. The molecule has 0 atom stereocenters. The third-order valence-electron chi connectivity index (χ3n) is 4.88. The van der Waals surface area contributed by atoms with Gasteiger partial charge in [-0.25, -0.2) is 4.98 Å². The summed E-state index contributed by atoms with van der Waals surface area (Å²) in [6.45, 7) is 0.00923. The maximum absolute atomic E-state index is 12.5. The summed E-state index contributed by atoms with van der Waals surface area (Å²) in [4.78, 5) is 32.4. The van der Waals surface area contributed by atoms with Gasteiger partial charge in [-0.05, 0) is 24.3 Å². The third kappa shape index (κ3) is 3.55. The van der Waals surface area contributed by atoms with Crippen molar-refractivity contribution in [2.24, 2.45) is 5.92 Å². The minimum atomic E-state index is -0.212. The monoisotopic (exact) mass is 368 g/mol. The summed E-state index contributed by atoms with van der Waals surface area (Å²) >= 11 is 1.43. The predicted molar refractivity (Wildman–Crippen MR) is 102 cm³/mol. The van der Waals surface area contributed by atoms with Gasteiger partial charge < -0.3 is 9.72 Å². The predicted octanol–water partition coefficient (Wildman–Crippen LogP) is 4.28. The fourth-order valence-electron chi connectivity index (χ4n) is 3.55. The van der Waals surface area contributed by atoms with E-state index >= 15 is 0 Å². The van der Waals surface area contributed by atoms with Gasteiger partial charge in [0.05, 0.1) is 5.39 Å². The van der Waals surface area contributed by atoms with Crippen LogP contribution >= 0.6 is 11.3 Å². The lowest BCUT2D eigenvalue weighted by atomic mass is 10.0. The zero-order valence-corrected chi connectivity index (χ0v) is 15.2. The van der Waals surface area contributed by atoms with Crippen molar-refractivity contribution in [1.82, 2.24) is 9.97 Å². The molecule has 6 heteroatoms. The quantitative estimate of drug-likeness (QED) is 0.683. The third-order valence-corrected chi connectivity index (χ3v) is 5.75. The SMILES string of the molecule is O=C(CC1CCCC1)OCc1nc2scc(-c3ccccc3)c2c(=O)[nH]1. The van der Waals surface area contributed by atoms with Crippen molar-refractivity contribution in [3.63, 3.8) is 0 Å². The molecule has 1 aromatic carbocycles. The van der Waals surface area contributed by atoms with Crippen LogP contribution in [0, 0.1) is 5.92 Å². The number of thiophene rings is 1. The zero-order valence-electron chi connectivity index (χ0n) is 14.4. The minimum Gasteiger partial charge on any atom is -0.458 e. The van der Waals surface area contributed by atoms with Gasteiger partial charge in [0, 0.05) is 17.4 Å². The summed E-state index contributed by atoms with van der Waals surface area (Å²) in [7, 11) is 0. The molecule has 0 radical (unpaired) electrons. The van der Waals surface area contributed by atoms with Gasteiger partial charge in [-0.2, -0.15) is 0 Å². The maximum Gasteiger partial charge on any atom is 0.306 e. The summed E-state index contributed by atoms with van der Waals surface area (Å²) in [5.74, 6) is 0.627. The van der Waals surface area contributed by atoms with Crippen molar-refractivity contribution in [3.8, 4) is 11.1 Å². The highest BCUT2D eigenvalue weighted by atomic mass is 32.1. The Bertz CT molecular complexity index is 972. The number of aromatic amines is 1. The van der Waals surface area contributed by atoms with E-state index in [2.05, 4.69) is 9.97 Å². The molecule has 4 rings (SSSR count). The molecule has 1 N–H and O–H groups in total. The number of nitrogens with zero attached hydrogens (tertiary/aromatic N) is 1. The van der Waals surface area contributed by atoms with Crippen LogP contribution in [0.15, 0.2) is 40.5 Å². The van der Waals surface area contributed by atoms with Crippen LogP contribution in [0.25, 0.3) is 21.3 Å². The van der Waals surface area contributed by atoms with Crippen LogP contribution in [0.5, 0.6) is 0 Å². The number of ether oxygens (including phenoxy) is 1. The highest BCUT2D eigenvalue weighted by Crippen LogP contribution is 2.30. The van der Waals surface area contributed by atoms with Crippen LogP contribution in [0.1, 0.15) is 37.9 Å². The molecule has 0 amide bonds. The Morgan fingerprint density at radius 1 is 1.23 bits per heavy atom. The lowest BCUT2D eigenvalue weighted by molar-refractivity contribution is -0.146. The summed E-state index contributed by atoms with van der Waals surface area (Å²) in [6, 6.07) is 9.77. The average Bonchev–Trinajstić information content (AvgIpc) is 3.30. The number of esters is 1. The molecule has 2 aromatic heterocycles. The molecule has 0 bridgehead atoms. The summed E-state index contributed by atoms with van der Waals surface area (Å²) < 4.78 is 5.32. The normalized spacial score (nSPS) is 14.8. The van der Waals surface area contributed by atoms with E-state index in [9.17, 15) is 9.59 Å². The van der Waals surface area contributed by atoms with Gasteiger partial charge in [0.15, 0.2) is 0 Å². The Balaban J connectivity index is 1.51. The number of hydrogen-bond donors (Lipinski definition) is 1. The number of carbonyl (C=O) groups excluding carboxylic acids is 1. The second-order valence-electron chi connectivity index (χ2n) is 6.72. The number of carbonyl (C=O) groups is 1. The van der Waals surface area contributed by atoms with Gasteiger partial charge in [-0.3, -0.25) is 9.59 Å². The number of benzene rings is 1. The van der Waals surface area contributed by atoms with Crippen LogP contribution in [0.2, 0.25) is 0 Å². The largest absolute Gasteiger partial charge is 0.458 e.